The van der Waals surface area contributed by atoms with Gasteiger partial charge in [-0.05, 0) is 277 Å². The molecule has 1 unspecified atom stereocenters. The van der Waals surface area contributed by atoms with Gasteiger partial charge in [0, 0.05) is 101 Å². The number of rotatable bonds is 20. The van der Waals surface area contributed by atoms with Gasteiger partial charge in [0.05, 0.1) is 17.1 Å². The summed E-state index contributed by atoms with van der Waals surface area (Å²) >= 11 is 0. The van der Waals surface area contributed by atoms with E-state index in [-0.39, 0.29) is 16.7 Å². The predicted molar refractivity (Wildman–Crippen MR) is 508 cm³/mol. The van der Waals surface area contributed by atoms with Crippen molar-refractivity contribution in [3.63, 3.8) is 0 Å². The molecule has 2 aliphatic carbocycles. The van der Waals surface area contributed by atoms with Crippen LogP contribution >= 0.6 is 0 Å². The SMILES string of the molecule is CC1(C)c2cc(N(c3ccc(C(CCc4ccccc4)c4cccc5ccccc45)cc3)c3ccc(N(c4ccccc4)c4cccc5ccccc45)cc3)ccc2-c2cc3c(cc21)-c1ccc(N(c2ccc(N(c4ccccc4)c4cccc5ccccc45)cc2)c2ccc(N(c4ccccc4)c4cccc5ccccc45)cc2)cc1C3(C)C. The van der Waals surface area contributed by atoms with Crippen LogP contribution in [0.3, 0.4) is 0 Å². The van der Waals surface area contributed by atoms with E-state index in [1.54, 1.807) is 0 Å². The van der Waals surface area contributed by atoms with Gasteiger partial charge in [0.1, 0.15) is 0 Å². The number of benzene rings is 19. The Bertz CT molecular complexity index is 6840. The fraction of sp³-hybridized carbons (Fsp3) is 0.0783. The van der Waals surface area contributed by atoms with Gasteiger partial charge in [-0.1, -0.05) is 289 Å². The molecule has 0 aromatic heterocycles. The molecule has 0 N–H and O–H groups in total. The van der Waals surface area contributed by atoms with Crippen molar-refractivity contribution in [1.82, 2.24) is 0 Å². The summed E-state index contributed by atoms with van der Waals surface area (Å²) in [5.74, 6) is 0.165. The minimum absolute atomic E-state index is 0.165. The molecule has 0 radical (unpaired) electrons. The van der Waals surface area contributed by atoms with Gasteiger partial charge in [-0.3, -0.25) is 0 Å². The zero-order valence-corrected chi connectivity index (χ0v) is 67.8. The standard InChI is InChI=1S/C115H89N5/c1-114(2)107-75-95(116(89-58-64-92(65-59-89)118(85-39-11-6-12-40-85)111-50-26-36-81-32-18-22-46-99(81)111)88-56-54-84(55-57-88)98(72-53-79-29-9-5-10-30-79)102-49-25-35-80-31-17-21-45-97(80)102)70-73-103(107)105-77-110-106(78-109(105)114)104-74-71-96(76-108(104)115(110,3)4)117(90-60-66-93(67-61-90)119(86-41-13-7-14-42-86)112-51-27-37-82-33-19-23-47-100(82)112)91-62-68-94(69-63-91)120(87-43-15-8-16-44-87)113-52-28-38-83-34-20-24-48-101(83)113/h5-52,54-71,73-78,98H,53,72H2,1-4H3. The molecule has 0 amide bonds. The topological polar surface area (TPSA) is 16.2 Å². The van der Waals surface area contributed by atoms with Crippen LogP contribution in [0.15, 0.2) is 437 Å². The number of nitrogens with zero attached hydrogens (tertiary/aromatic N) is 5. The molecule has 0 saturated carbocycles. The lowest BCUT2D eigenvalue weighted by Crippen LogP contribution is -2.18. The molecule has 5 heteroatoms. The van der Waals surface area contributed by atoms with Gasteiger partial charge < -0.3 is 24.5 Å². The molecular formula is C115H89N5. The summed E-state index contributed by atoms with van der Waals surface area (Å²) in [4.78, 5) is 12.1. The van der Waals surface area contributed by atoms with Crippen molar-refractivity contribution in [1.29, 1.82) is 0 Å². The highest BCUT2D eigenvalue weighted by Gasteiger charge is 2.43. The first-order valence-electron chi connectivity index (χ1n) is 42.0. The predicted octanol–water partition coefficient (Wildman–Crippen LogP) is 32.0. The lowest BCUT2D eigenvalue weighted by molar-refractivity contribution is 0.652. The van der Waals surface area contributed by atoms with Crippen LogP contribution in [0.25, 0.3) is 65.3 Å². The molecule has 0 aliphatic heterocycles. The summed E-state index contributed by atoms with van der Waals surface area (Å²) in [5, 5.41) is 9.75. The Labute approximate surface area is 703 Å². The maximum atomic E-state index is 2.56. The quantitative estimate of drug-likeness (QED) is 0.0754. The molecule has 2 aliphatic rings. The Morgan fingerprint density at radius 1 is 0.208 bits per heavy atom. The lowest BCUT2D eigenvalue weighted by Gasteiger charge is -2.31. The summed E-state index contributed by atoms with van der Waals surface area (Å²) in [6.07, 6.45) is 1.94. The van der Waals surface area contributed by atoms with E-state index in [9.17, 15) is 0 Å². The molecule has 1 atom stereocenters. The van der Waals surface area contributed by atoms with E-state index in [1.807, 2.05) is 0 Å². The second-order valence-corrected chi connectivity index (χ2v) is 33.1. The number of para-hydroxylation sites is 3. The van der Waals surface area contributed by atoms with Crippen LogP contribution in [0.2, 0.25) is 0 Å². The molecule has 0 saturated heterocycles. The van der Waals surface area contributed by atoms with Crippen molar-refractivity contribution in [2.24, 2.45) is 0 Å². The zero-order valence-electron chi connectivity index (χ0n) is 67.8. The first-order chi connectivity index (χ1) is 59.0. The largest absolute Gasteiger partial charge is 0.310 e. The lowest BCUT2D eigenvalue weighted by atomic mass is 9.79. The van der Waals surface area contributed by atoms with Crippen LogP contribution in [0, 0.1) is 0 Å². The van der Waals surface area contributed by atoms with E-state index >= 15 is 0 Å². The molecule has 0 fully saturated rings. The fourth-order valence-corrected chi connectivity index (χ4v) is 19.5. The highest BCUT2D eigenvalue weighted by Crippen LogP contribution is 2.59. The van der Waals surface area contributed by atoms with E-state index in [1.165, 1.54) is 104 Å². The zero-order chi connectivity index (χ0) is 80.4. The highest BCUT2D eigenvalue weighted by atomic mass is 15.2. The summed E-state index contributed by atoms with van der Waals surface area (Å²) in [6, 6.07) is 162. The van der Waals surface area contributed by atoms with Gasteiger partial charge >= 0.3 is 0 Å². The Morgan fingerprint density at radius 2 is 0.475 bits per heavy atom. The van der Waals surface area contributed by atoms with Crippen LogP contribution in [0.1, 0.15) is 79.0 Å². The normalized spacial score (nSPS) is 13.0. The van der Waals surface area contributed by atoms with Crippen LogP contribution in [0.4, 0.5) is 85.3 Å². The second kappa shape index (κ2) is 30.4. The maximum absolute atomic E-state index is 2.56. The Morgan fingerprint density at radius 3 is 0.842 bits per heavy atom. The van der Waals surface area contributed by atoms with Crippen molar-refractivity contribution >= 4 is 128 Å². The Hall–Kier alpha value is -14.8. The number of aryl methyl sites for hydroxylation is 1. The first kappa shape index (κ1) is 72.9. The highest BCUT2D eigenvalue weighted by molar-refractivity contribution is 6.03. The minimum Gasteiger partial charge on any atom is -0.310 e. The summed E-state index contributed by atoms with van der Waals surface area (Å²) < 4.78 is 0. The van der Waals surface area contributed by atoms with E-state index < -0.39 is 0 Å². The van der Waals surface area contributed by atoms with Crippen molar-refractivity contribution in [3.05, 3.63) is 476 Å². The second-order valence-electron chi connectivity index (χ2n) is 33.1. The molecule has 19 aromatic rings. The van der Waals surface area contributed by atoms with E-state index in [2.05, 4.69) is 489 Å². The van der Waals surface area contributed by atoms with Crippen molar-refractivity contribution in [2.75, 3.05) is 24.5 Å². The van der Waals surface area contributed by atoms with E-state index in [0.717, 1.165) is 98.2 Å². The summed E-state index contributed by atoms with van der Waals surface area (Å²) in [7, 11) is 0. The molecule has 5 nitrogen and oxygen atoms in total. The van der Waals surface area contributed by atoms with Crippen molar-refractivity contribution in [2.45, 2.75) is 57.3 Å². The van der Waals surface area contributed by atoms with Gasteiger partial charge in [-0.25, -0.2) is 0 Å². The third-order valence-electron chi connectivity index (χ3n) is 25.4. The Balaban J connectivity index is 0.659. The van der Waals surface area contributed by atoms with Gasteiger partial charge in [-0.2, -0.15) is 0 Å². The average Bonchev–Trinajstić information content (AvgIpc) is 1.54. The third-order valence-corrected chi connectivity index (χ3v) is 25.4. The molecule has 0 bridgehead atoms. The van der Waals surface area contributed by atoms with Crippen LogP contribution in [-0.4, -0.2) is 0 Å². The van der Waals surface area contributed by atoms with Gasteiger partial charge in [0.2, 0.25) is 0 Å². The molecular weight excluding hydrogens is 1450 g/mol. The van der Waals surface area contributed by atoms with Crippen molar-refractivity contribution in [3.8, 4) is 22.3 Å². The molecule has 574 valence electrons. The maximum Gasteiger partial charge on any atom is 0.0540 e. The van der Waals surface area contributed by atoms with Gasteiger partial charge in [-0.15, -0.1) is 0 Å². The third kappa shape index (κ3) is 13.0. The van der Waals surface area contributed by atoms with Crippen molar-refractivity contribution < 1.29 is 0 Å². The van der Waals surface area contributed by atoms with Gasteiger partial charge in [0.15, 0.2) is 0 Å². The van der Waals surface area contributed by atoms with Gasteiger partial charge in [0.25, 0.3) is 0 Å². The molecule has 0 heterocycles. The molecule has 120 heavy (non-hydrogen) atoms. The smallest absolute Gasteiger partial charge is 0.0540 e. The fourth-order valence-electron chi connectivity index (χ4n) is 19.5. The summed E-state index contributed by atoms with van der Waals surface area (Å²) in [6.45, 7) is 9.76. The van der Waals surface area contributed by atoms with Crippen LogP contribution in [0.5, 0.6) is 0 Å². The number of hydrogen-bond acceptors (Lipinski definition) is 5. The van der Waals surface area contributed by atoms with E-state index in [4.69, 9.17) is 0 Å². The van der Waals surface area contributed by atoms with Crippen LogP contribution < -0.4 is 24.5 Å². The first-order valence-corrected chi connectivity index (χ1v) is 42.0. The van der Waals surface area contributed by atoms with Crippen LogP contribution in [-0.2, 0) is 17.3 Å². The number of fused-ring (bicyclic) bond motifs is 10. The van der Waals surface area contributed by atoms with E-state index in [0.29, 0.717) is 0 Å². The Kier molecular flexibility index (Phi) is 18.4. The molecule has 0 spiro atoms. The average molecular weight is 1540 g/mol. The molecule has 19 aromatic carbocycles. The molecule has 21 rings (SSSR count). The number of anilines is 15. The monoisotopic (exact) mass is 1540 g/mol. The number of hydrogen-bond donors (Lipinski definition) is 0. The summed E-state index contributed by atoms with van der Waals surface area (Å²) in [5.41, 5.74) is 30.1. The minimum atomic E-state index is -0.363.